The molecule has 0 radical (unpaired) electrons. The van der Waals surface area contributed by atoms with Gasteiger partial charge in [-0.1, -0.05) is 12.1 Å². The summed E-state index contributed by atoms with van der Waals surface area (Å²) in [6, 6.07) is 10.8. The van der Waals surface area contributed by atoms with Crippen LogP contribution in [0.4, 0.5) is 4.39 Å². The molecule has 0 saturated carbocycles. The summed E-state index contributed by atoms with van der Waals surface area (Å²) in [7, 11) is 3.29. The first-order valence-corrected chi connectivity index (χ1v) is 8.52. The number of fused-ring (bicyclic) bond motifs is 1. The molecule has 1 aliphatic heterocycles. The standard InChI is InChI=1S/C20H25FN2O2/c1-13(22)20-17-11-19(25-3)18(24-2)10-15(17)8-9-23(20)12-14-4-6-16(21)7-5-14/h4-7,10-11,13,20H,8-9,12,22H2,1-3H3/t13-,20+/m1/s1. The number of methoxy groups -OCH3 is 2. The van der Waals surface area contributed by atoms with E-state index in [-0.39, 0.29) is 17.9 Å². The summed E-state index contributed by atoms with van der Waals surface area (Å²) in [5, 5.41) is 0. The second kappa shape index (κ2) is 7.42. The molecule has 0 bridgehead atoms. The average Bonchev–Trinajstić information content (AvgIpc) is 2.61. The molecule has 4 nitrogen and oxygen atoms in total. The normalized spacial score (nSPS) is 18.5. The van der Waals surface area contributed by atoms with Crippen molar-refractivity contribution in [3.8, 4) is 11.5 Å². The Hall–Kier alpha value is -2.11. The fourth-order valence-electron chi connectivity index (χ4n) is 3.65. The molecule has 5 heteroatoms. The SMILES string of the molecule is COc1cc2c(cc1OC)[C@H]([C@@H](C)N)N(Cc1ccc(F)cc1)CC2. The lowest BCUT2D eigenvalue weighted by atomic mass is 9.88. The maximum atomic E-state index is 13.2. The van der Waals surface area contributed by atoms with Crippen molar-refractivity contribution >= 4 is 0 Å². The van der Waals surface area contributed by atoms with Gasteiger partial charge in [-0.05, 0) is 54.3 Å². The van der Waals surface area contributed by atoms with Crippen LogP contribution in [0.2, 0.25) is 0 Å². The Bertz CT molecular complexity index is 731. The second-order valence-corrected chi connectivity index (χ2v) is 6.56. The molecule has 25 heavy (non-hydrogen) atoms. The summed E-state index contributed by atoms with van der Waals surface area (Å²) in [4.78, 5) is 2.35. The number of nitrogens with two attached hydrogens (primary N) is 1. The molecule has 1 heterocycles. The van der Waals surface area contributed by atoms with E-state index in [1.54, 1.807) is 14.2 Å². The van der Waals surface area contributed by atoms with Gasteiger partial charge in [0.1, 0.15) is 5.82 Å². The van der Waals surface area contributed by atoms with Crippen LogP contribution in [0.25, 0.3) is 0 Å². The highest BCUT2D eigenvalue weighted by Gasteiger charge is 2.31. The van der Waals surface area contributed by atoms with Gasteiger partial charge in [0.25, 0.3) is 0 Å². The van der Waals surface area contributed by atoms with Crippen LogP contribution < -0.4 is 15.2 Å². The van der Waals surface area contributed by atoms with Gasteiger partial charge >= 0.3 is 0 Å². The highest BCUT2D eigenvalue weighted by atomic mass is 19.1. The summed E-state index contributed by atoms with van der Waals surface area (Å²) in [6.45, 7) is 3.65. The zero-order valence-electron chi connectivity index (χ0n) is 15.0. The predicted molar refractivity (Wildman–Crippen MR) is 96.5 cm³/mol. The fraction of sp³-hybridized carbons (Fsp3) is 0.400. The van der Waals surface area contributed by atoms with Gasteiger partial charge in [0, 0.05) is 19.1 Å². The molecule has 0 unspecified atom stereocenters. The van der Waals surface area contributed by atoms with Crippen molar-refractivity contribution in [3.05, 3.63) is 58.9 Å². The minimum Gasteiger partial charge on any atom is -0.493 e. The van der Waals surface area contributed by atoms with E-state index in [9.17, 15) is 4.39 Å². The van der Waals surface area contributed by atoms with Crippen LogP contribution in [0.3, 0.4) is 0 Å². The lowest BCUT2D eigenvalue weighted by Crippen LogP contribution is -2.43. The van der Waals surface area contributed by atoms with Gasteiger partial charge < -0.3 is 15.2 Å². The Morgan fingerprint density at radius 2 is 1.80 bits per heavy atom. The van der Waals surface area contributed by atoms with E-state index >= 15 is 0 Å². The highest BCUT2D eigenvalue weighted by molar-refractivity contribution is 5.49. The van der Waals surface area contributed by atoms with Crippen LogP contribution in [0.15, 0.2) is 36.4 Å². The molecule has 2 aromatic carbocycles. The maximum absolute atomic E-state index is 13.2. The van der Waals surface area contributed by atoms with Gasteiger partial charge in [-0.15, -0.1) is 0 Å². The molecule has 3 rings (SSSR count). The summed E-state index contributed by atoms with van der Waals surface area (Å²) < 4.78 is 24.1. The van der Waals surface area contributed by atoms with E-state index in [0.29, 0.717) is 0 Å². The minimum absolute atomic E-state index is 0.0439. The van der Waals surface area contributed by atoms with Crippen LogP contribution in [0, 0.1) is 5.82 Å². The fourth-order valence-corrected chi connectivity index (χ4v) is 3.65. The summed E-state index contributed by atoms with van der Waals surface area (Å²) in [5.74, 6) is 1.25. The van der Waals surface area contributed by atoms with Crippen LogP contribution in [0.5, 0.6) is 11.5 Å². The van der Waals surface area contributed by atoms with Gasteiger partial charge in [0.2, 0.25) is 0 Å². The van der Waals surface area contributed by atoms with E-state index in [4.69, 9.17) is 15.2 Å². The highest BCUT2D eigenvalue weighted by Crippen LogP contribution is 2.39. The van der Waals surface area contributed by atoms with Gasteiger partial charge in [0.15, 0.2) is 11.5 Å². The number of hydrogen-bond donors (Lipinski definition) is 1. The molecule has 0 saturated heterocycles. The third-order valence-electron chi connectivity index (χ3n) is 4.82. The predicted octanol–water partition coefficient (Wildman–Crippen LogP) is 3.29. The number of halogens is 1. The molecular formula is C20H25FN2O2. The Kier molecular flexibility index (Phi) is 5.25. The number of benzene rings is 2. The van der Waals surface area contributed by atoms with E-state index in [2.05, 4.69) is 11.0 Å². The van der Waals surface area contributed by atoms with Crippen molar-refractivity contribution in [2.75, 3.05) is 20.8 Å². The van der Waals surface area contributed by atoms with Crippen molar-refractivity contribution in [1.29, 1.82) is 0 Å². The smallest absolute Gasteiger partial charge is 0.161 e. The molecule has 2 atom stereocenters. The summed E-state index contributed by atoms with van der Waals surface area (Å²) in [5.41, 5.74) is 9.85. The van der Waals surface area contributed by atoms with Gasteiger partial charge in [-0.25, -0.2) is 4.39 Å². The van der Waals surface area contributed by atoms with E-state index in [0.717, 1.165) is 36.6 Å². The van der Waals surface area contributed by atoms with Crippen molar-refractivity contribution in [1.82, 2.24) is 4.90 Å². The van der Waals surface area contributed by atoms with Crippen molar-refractivity contribution < 1.29 is 13.9 Å². The molecule has 134 valence electrons. The lowest BCUT2D eigenvalue weighted by molar-refractivity contribution is 0.155. The molecule has 0 aliphatic carbocycles. The van der Waals surface area contributed by atoms with Gasteiger partial charge in [-0.3, -0.25) is 4.90 Å². The zero-order valence-corrected chi connectivity index (χ0v) is 15.0. The first kappa shape index (κ1) is 17.7. The monoisotopic (exact) mass is 344 g/mol. The number of hydrogen-bond acceptors (Lipinski definition) is 4. The van der Waals surface area contributed by atoms with Crippen molar-refractivity contribution in [3.63, 3.8) is 0 Å². The van der Waals surface area contributed by atoms with E-state index in [1.807, 2.05) is 25.1 Å². The van der Waals surface area contributed by atoms with E-state index < -0.39 is 0 Å². The van der Waals surface area contributed by atoms with Gasteiger partial charge in [0.05, 0.1) is 20.3 Å². The third kappa shape index (κ3) is 3.62. The summed E-state index contributed by atoms with van der Waals surface area (Å²) >= 11 is 0. The van der Waals surface area contributed by atoms with Crippen LogP contribution >= 0.6 is 0 Å². The molecule has 0 aromatic heterocycles. The Morgan fingerprint density at radius 1 is 1.16 bits per heavy atom. The average molecular weight is 344 g/mol. The van der Waals surface area contributed by atoms with Crippen LogP contribution in [0.1, 0.15) is 29.7 Å². The first-order valence-electron chi connectivity index (χ1n) is 8.52. The minimum atomic E-state index is -0.215. The van der Waals surface area contributed by atoms with Crippen LogP contribution in [-0.4, -0.2) is 31.7 Å². The second-order valence-electron chi connectivity index (χ2n) is 6.56. The summed E-state index contributed by atoms with van der Waals surface area (Å²) in [6.07, 6.45) is 0.917. The maximum Gasteiger partial charge on any atom is 0.161 e. The molecule has 1 aliphatic rings. The Morgan fingerprint density at radius 3 is 2.40 bits per heavy atom. The molecule has 0 amide bonds. The van der Waals surface area contributed by atoms with Crippen molar-refractivity contribution in [2.24, 2.45) is 5.73 Å². The molecular weight excluding hydrogens is 319 g/mol. The van der Waals surface area contributed by atoms with Crippen molar-refractivity contribution in [2.45, 2.75) is 32.0 Å². The number of nitrogens with zero attached hydrogens (tertiary/aromatic N) is 1. The zero-order chi connectivity index (χ0) is 18.0. The van der Waals surface area contributed by atoms with E-state index in [1.165, 1.54) is 23.3 Å². The van der Waals surface area contributed by atoms with Gasteiger partial charge in [-0.2, -0.15) is 0 Å². The molecule has 2 N–H and O–H groups in total. The number of ether oxygens (including phenoxy) is 2. The molecule has 0 spiro atoms. The quantitative estimate of drug-likeness (QED) is 0.904. The third-order valence-corrected chi connectivity index (χ3v) is 4.82. The lowest BCUT2D eigenvalue weighted by Gasteiger charge is -2.40. The Balaban J connectivity index is 1.94. The van der Waals surface area contributed by atoms with Crippen LogP contribution in [-0.2, 0) is 13.0 Å². The Labute approximate surface area is 148 Å². The topological polar surface area (TPSA) is 47.7 Å². The molecule has 0 fully saturated rings. The first-order chi connectivity index (χ1) is 12.0. The number of rotatable bonds is 5. The molecule has 2 aromatic rings. The largest absolute Gasteiger partial charge is 0.493 e.